The molecule has 5 nitrogen and oxygen atoms in total. The van der Waals surface area contributed by atoms with E-state index in [1.807, 2.05) is 48.0 Å². The first-order valence-corrected chi connectivity index (χ1v) is 9.05. The molecule has 0 saturated carbocycles. The molecule has 1 aromatic carbocycles. The van der Waals surface area contributed by atoms with Crippen molar-refractivity contribution in [3.63, 3.8) is 0 Å². The number of ether oxygens (including phenoxy) is 3. The van der Waals surface area contributed by atoms with Gasteiger partial charge in [0, 0.05) is 17.2 Å². The molecule has 0 aliphatic rings. The fourth-order valence-corrected chi connectivity index (χ4v) is 2.75. The quantitative estimate of drug-likeness (QED) is 0.533. The summed E-state index contributed by atoms with van der Waals surface area (Å²) in [5.41, 5.74) is 1.78. The molecular formula is C19H23BrN2O3. The van der Waals surface area contributed by atoms with Crippen molar-refractivity contribution in [1.29, 1.82) is 5.26 Å². The monoisotopic (exact) mass is 406 g/mol. The zero-order chi connectivity index (χ0) is 17.9. The molecule has 0 fully saturated rings. The van der Waals surface area contributed by atoms with Gasteiger partial charge in [-0.2, -0.15) is 5.26 Å². The van der Waals surface area contributed by atoms with Gasteiger partial charge < -0.3 is 18.8 Å². The summed E-state index contributed by atoms with van der Waals surface area (Å²) in [6.45, 7) is 5.37. The molecule has 0 amide bonds. The van der Waals surface area contributed by atoms with Crippen LogP contribution in [0.2, 0.25) is 0 Å². The Labute approximate surface area is 157 Å². The van der Waals surface area contributed by atoms with Crippen LogP contribution in [0.1, 0.15) is 18.2 Å². The summed E-state index contributed by atoms with van der Waals surface area (Å²) in [4.78, 5) is 0. The van der Waals surface area contributed by atoms with E-state index in [1.165, 1.54) is 0 Å². The van der Waals surface area contributed by atoms with E-state index in [0.717, 1.165) is 10.0 Å². The van der Waals surface area contributed by atoms with Crippen LogP contribution < -0.4 is 0 Å². The zero-order valence-corrected chi connectivity index (χ0v) is 15.9. The van der Waals surface area contributed by atoms with Gasteiger partial charge in [0.1, 0.15) is 11.8 Å². The highest BCUT2D eigenvalue weighted by Gasteiger charge is 2.04. The fraction of sp³-hybridized carbons (Fsp3) is 0.421. The molecule has 0 bridgehead atoms. The van der Waals surface area contributed by atoms with Gasteiger partial charge in [0.25, 0.3) is 0 Å². The number of nitrogens with zero attached hydrogens (tertiary/aromatic N) is 2. The first-order valence-electron chi connectivity index (χ1n) is 8.26. The van der Waals surface area contributed by atoms with Crippen LogP contribution in [0.15, 0.2) is 47.1 Å². The minimum absolute atomic E-state index is 0.0258. The van der Waals surface area contributed by atoms with E-state index in [1.54, 1.807) is 6.07 Å². The maximum Gasteiger partial charge on any atom is 0.121 e. The van der Waals surface area contributed by atoms with Crippen molar-refractivity contribution in [1.82, 2.24) is 4.57 Å². The molecule has 1 aromatic heterocycles. The highest BCUT2D eigenvalue weighted by atomic mass is 79.9. The second kappa shape index (κ2) is 11.1. The van der Waals surface area contributed by atoms with Crippen molar-refractivity contribution in [2.24, 2.45) is 0 Å². The lowest BCUT2D eigenvalue weighted by molar-refractivity contribution is -0.0340. The van der Waals surface area contributed by atoms with Gasteiger partial charge in [-0.25, -0.2) is 0 Å². The average Bonchev–Trinajstić information content (AvgIpc) is 2.98. The predicted octanol–water partition coefficient (Wildman–Crippen LogP) is 3.76. The van der Waals surface area contributed by atoms with Crippen molar-refractivity contribution >= 4 is 15.9 Å². The smallest absolute Gasteiger partial charge is 0.121 e. The number of halogens is 1. The minimum Gasteiger partial charge on any atom is -0.377 e. The lowest BCUT2D eigenvalue weighted by Crippen LogP contribution is -2.19. The van der Waals surface area contributed by atoms with E-state index in [-0.39, 0.29) is 6.10 Å². The van der Waals surface area contributed by atoms with Gasteiger partial charge in [0.2, 0.25) is 0 Å². The Kier molecular flexibility index (Phi) is 8.70. The van der Waals surface area contributed by atoms with Crippen LogP contribution in [0, 0.1) is 11.3 Å². The molecule has 0 aliphatic carbocycles. The summed E-state index contributed by atoms with van der Waals surface area (Å²) in [5, 5.41) is 9.01. The fourth-order valence-electron chi connectivity index (χ4n) is 2.29. The van der Waals surface area contributed by atoms with Crippen LogP contribution in [-0.4, -0.2) is 37.1 Å². The summed E-state index contributed by atoms with van der Waals surface area (Å²) < 4.78 is 19.6. The molecule has 0 N–H and O–H groups in total. The van der Waals surface area contributed by atoms with Crippen molar-refractivity contribution in [3.8, 4) is 6.07 Å². The molecule has 0 aliphatic heterocycles. The summed E-state index contributed by atoms with van der Waals surface area (Å²) >= 11 is 3.36. The Morgan fingerprint density at radius 1 is 1.16 bits per heavy atom. The van der Waals surface area contributed by atoms with Crippen LogP contribution in [0.25, 0.3) is 0 Å². The maximum absolute atomic E-state index is 9.01. The molecule has 0 spiro atoms. The summed E-state index contributed by atoms with van der Waals surface area (Å²) in [5.74, 6) is 0. The molecule has 1 atom stereocenters. The molecule has 1 heterocycles. The number of aromatic nitrogens is 1. The molecule has 25 heavy (non-hydrogen) atoms. The van der Waals surface area contributed by atoms with Crippen LogP contribution in [0.5, 0.6) is 0 Å². The molecule has 0 radical (unpaired) electrons. The lowest BCUT2D eigenvalue weighted by atomic mass is 10.2. The van der Waals surface area contributed by atoms with Gasteiger partial charge in [0.05, 0.1) is 39.1 Å². The number of benzene rings is 1. The second-order valence-corrected chi connectivity index (χ2v) is 6.56. The standard InChI is InChI=1S/C19H23BrN2O3/c1-16(14-24-15-17-5-3-2-4-6-17)25-10-9-23-8-7-22-13-18(20)11-19(22)12-21/h2-6,11,13,16H,7-10,14-15H2,1H3/t16-/m0/s1. The third kappa shape index (κ3) is 7.41. The summed E-state index contributed by atoms with van der Waals surface area (Å²) in [6.07, 6.45) is 1.91. The lowest BCUT2D eigenvalue weighted by Gasteiger charge is -2.14. The van der Waals surface area contributed by atoms with E-state index in [9.17, 15) is 0 Å². The van der Waals surface area contributed by atoms with Crippen LogP contribution in [-0.2, 0) is 27.4 Å². The Morgan fingerprint density at radius 3 is 2.72 bits per heavy atom. The van der Waals surface area contributed by atoms with Gasteiger partial charge >= 0.3 is 0 Å². The topological polar surface area (TPSA) is 56.4 Å². The second-order valence-electron chi connectivity index (χ2n) is 5.64. The van der Waals surface area contributed by atoms with Gasteiger partial charge in [-0.3, -0.25) is 0 Å². The minimum atomic E-state index is 0.0258. The van der Waals surface area contributed by atoms with Crippen LogP contribution in [0.4, 0.5) is 0 Å². The predicted molar refractivity (Wildman–Crippen MR) is 99.2 cm³/mol. The van der Waals surface area contributed by atoms with Crippen molar-refractivity contribution in [2.45, 2.75) is 26.2 Å². The van der Waals surface area contributed by atoms with Gasteiger partial charge in [-0.15, -0.1) is 0 Å². The van der Waals surface area contributed by atoms with E-state index < -0.39 is 0 Å². The number of nitriles is 1. The highest BCUT2D eigenvalue weighted by molar-refractivity contribution is 9.10. The van der Waals surface area contributed by atoms with Crippen molar-refractivity contribution in [3.05, 3.63) is 58.3 Å². The highest BCUT2D eigenvalue weighted by Crippen LogP contribution is 2.13. The van der Waals surface area contributed by atoms with Gasteiger partial charge in [0.15, 0.2) is 0 Å². The molecule has 2 rings (SSSR count). The van der Waals surface area contributed by atoms with Gasteiger partial charge in [-0.1, -0.05) is 30.3 Å². The Morgan fingerprint density at radius 2 is 1.96 bits per heavy atom. The molecule has 0 saturated heterocycles. The normalized spacial score (nSPS) is 12.0. The third-order valence-corrected chi connectivity index (χ3v) is 3.98. The van der Waals surface area contributed by atoms with Gasteiger partial charge in [-0.05, 0) is 34.5 Å². The van der Waals surface area contributed by atoms with Crippen LogP contribution >= 0.6 is 15.9 Å². The Hall–Kier alpha value is -1.65. The number of hydrogen-bond donors (Lipinski definition) is 0. The molecular weight excluding hydrogens is 384 g/mol. The first kappa shape index (κ1) is 19.7. The third-order valence-electron chi connectivity index (χ3n) is 3.55. The van der Waals surface area contributed by atoms with Crippen molar-refractivity contribution in [2.75, 3.05) is 26.4 Å². The average molecular weight is 407 g/mol. The van der Waals surface area contributed by atoms with E-state index >= 15 is 0 Å². The largest absolute Gasteiger partial charge is 0.377 e. The molecule has 0 unspecified atom stereocenters. The molecule has 6 heteroatoms. The van der Waals surface area contributed by atoms with E-state index in [4.69, 9.17) is 19.5 Å². The Bertz CT molecular complexity index is 667. The summed E-state index contributed by atoms with van der Waals surface area (Å²) in [6, 6.07) is 14.0. The van der Waals surface area contributed by atoms with Crippen molar-refractivity contribution < 1.29 is 14.2 Å². The number of hydrogen-bond acceptors (Lipinski definition) is 4. The Balaban J connectivity index is 1.50. The summed E-state index contributed by atoms with van der Waals surface area (Å²) in [7, 11) is 0. The van der Waals surface area contributed by atoms with Crippen LogP contribution in [0.3, 0.4) is 0 Å². The van der Waals surface area contributed by atoms with E-state index in [2.05, 4.69) is 22.0 Å². The maximum atomic E-state index is 9.01. The van der Waals surface area contributed by atoms with E-state index in [0.29, 0.717) is 45.3 Å². The zero-order valence-electron chi connectivity index (χ0n) is 14.4. The SMILES string of the molecule is C[C@@H](COCc1ccccc1)OCCOCCn1cc(Br)cc1C#N. The first-order chi connectivity index (χ1) is 12.2. The number of rotatable bonds is 11. The molecule has 2 aromatic rings. The molecule has 134 valence electrons.